The fraction of sp³-hybridized carbons (Fsp3) is 0.211. The van der Waals surface area contributed by atoms with Crippen LogP contribution in [-0.2, 0) is 13.6 Å². The van der Waals surface area contributed by atoms with Crippen LogP contribution in [0.2, 0.25) is 0 Å². The lowest BCUT2D eigenvalue weighted by Crippen LogP contribution is -2.21. The molecular formula is C19H21N3O3. The third-order valence-electron chi connectivity index (χ3n) is 4.30. The molecule has 0 saturated heterocycles. The maximum atomic E-state index is 12.8. The Morgan fingerprint density at radius 2 is 1.88 bits per heavy atom. The molecule has 6 heteroatoms. The van der Waals surface area contributed by atoms with Gasteiger partial charge in [-0.25, -0.2) is 4.68 Å². The first kappa shape index (κ1) is 16.7. The van der Waals surface area contributed by atoms with E-state index in [9.17, 15) is 9.90 Å². The number of benzene rings is 2. The van der Waals surface area contributed by atoms with Crippen LogP contribution in [0.4, 0.5) is 5.69 Å². The zero-order valence-corrected chi connectivity index (χ0v) is 14.5. The molecule has 1 aromatic heterocycles. The normalized spacial score (nSPS) is 10.7. The molecule has 25 heavy (non-hydrogen) atoms. The van der Waals surface area contributed by atoms with Crippen molar-refractivity contribution < 1.29 is 9.84 Å². The van der Waals surface area contributed by atoms with Crippen LogP contribution in [-0.4, -0.2) is 21.6 Å². The Balaban J connectivity index is 1.90. The van der Waals surface area contributed by atoms with Crippen molar-refractivity contribution in [1.82, 2.24) is 9.36 Å². The predicted molar refractivity (Wildman–Crippen MR) is 97.7 cm³/mol. The molecule has 1 heterocycles. The van der Waals surface area contributed by atoms with Gasteiger partial charge in [0.1, 0.15) is 17.2 Å². The summed E-state index contributed by atoms with van der Waals surface area (Å²) >= 11 is 0. The van der Waals surface area contributed by atoms with Gasteiger partial charge in [0, 0.05) is 25.2 Å². The standard InChI is InChI=1S/C19H21N3O3/c1-13-18(20-12-14-9-10-16(25-3)11-17(14)23)19(24)22(21(13)2)15-7-5-4-6-8-15/h4-11,20,23H,12H2,1-3H3. The Morgan fingerprint density at radius 1 is 1.16 bits per heavy atom. The van der Waals surface area contributed by atoms with Crippen LogP contribution in [0.25, 0.3) is 5.69 Å². The van der Waals surface area contributed by atoms with Crippen molar-refractivity contribution in [3.8, 4) is 17.2 Å². The molecule has 0 radical (unpaired) electrons. The minimum Gasteiger partial charge on any atom is -0.507 e. The Bertz CT molecular complexity index is 943. The van der Waals surface area contributed by atoms with Crippen molar-refractivity contribution in [2.24, 2.45) is 7.05 Å². The predicted octanol–water partition coefficient (Wildman–Crippen LogP) is 2.81. The SMILES string of the molecule is COc1ccc(CNc2c(C)n(C)n(-c3ccccc3)c2=O)c(O)c1. The molecule has 6 nitrogen and oxygen atoms in total. The second-order valence-corrected chi connectivity index (χ2v) is 5.78. The Hall–Kier alpha value is -3.15. The van der Waals surface area contributed by atoms with Crippen LogP contribution in [0.5, 0.6) is 11.5 Å². The van der Waals surface area contributed by atoms with E-state index < -0.39 is 0 Å². The molecule has 3 rings (SSSR count). The number of aromatic hydroxyl groups is 1. The van der Waals surface area contributed by atoms with E-state index in [1.807, 2.05) is 49.0 Å². The van der Waals surface area contributed by atoms with Crippen molar-refractivity contribution in [2.45, 2.75) is 13.5 Å². The summed E-state index contributed by atoms with van der Waals surface area (Å²) in [6.07, 6.45) is 0. The molecule has 0 unspecified atom stereocenters. The highest BCUT2D eigenvalue weighted by Gasteiger charge is 2.16. The third kappa shape index (κ3) is 3.10. The molecule has 2 N–H and O–H groups in total. The van der Waals surface area contributed by atoms with Crippen molar-refractivity contribution in [3.05, 3.63) is 70.1 Å². The van der Waals surface area contributed by atoms with Gasteiger partial charge >= 0.3 is 0 Å². The lowest BCUT2D eigenvalue weighted by molar-refractivity contribution is 0.406. The number of aromatic nitrogens is 2. The Morgan fingerprint density at radius 3 is 2.52 bits per heavy atom. The summed E-state index contributed by atoms with van der Waals surface area (Å²) in [4.78, 5) is 12.8. The molecule has 0 aliphatic carbocycles. The zero-order chi connectivity index (χ0) is 18.0. The number of phenols is 1. The average Bonchev–Trinajstić information content (AvgIpc) is 2.84. The van der Waals surface area contributed by atoms with E-state index >= 15 is 0 Å². The number of hydrogen-bond acceptors (Lipinski definition) is 4. The summed E-state index contributed by atoms with van der Waals surface area (Å²) in [5.74, 6) is 0.715. The molecule has 0 aliphatic rings. The highest BCUT2D eigenvalue weighted by atomic mass is 16.5. The molecule has 0 saturated carbocycles. The van der Waals surface area contributed by atoms with Crippen molar-refractivity contribution in [1.29, 1.82) is 0 Å². The van der Waals surface area contributed by atoms with Gasteiger partial charge in [0.25, 0.3) is 5.56 Å². The minimum absolute atomic E-state index is 0.126. The van der Waals surface area contributed by atoms with Gasteiger partial charge in [0.05, 0.1) is 18.5 Å². The first-order valence-corrected chi connectivity index (χ1v) is 7.96. The summed E-state index contributed by atoms with van der Waals surface area (Å²) in [6.45, 7) is 2.22. The van der Waals surface area contributed by atoms with E-state index in [1.54, 1.807) is 30.0 Å². The molecule has 0 atom stereocenters. The van der Waals surface area contributed by atoms with Gasteiger partial charge in [0.15, 0.2) is 0 Å². The van der Waals surface area contributed by atoms with Crippen LogP contribution in [0.1, 0.15) is 11.3 Å². The number of nitrogens with one attached hydrogen (secondary N) is 1. The second-order valence-electron chi connectivity index (χ2n) is 5.78. The van der Waals surface area contributed by atoms with Crippen LogP contribution in [0.15, 0.2) is 53.3 Å². The summed E-state index contributed by atoms with van der Waals surface area (Å²) < 4.78 is 8.51. The first-order chi connectivity index (χ1) is 12.0. The van der Waals surface area contributed by atoms with Gasteiger partial charge < -0.3 is 15.2 Å². The van der Waals surface area contributed by atoms with E-state index in [-0.39, 0.29) is 11.3 Å². The second kappa shape index (κ2) is 6.76. The van der Waals surface area contributed by atoms with E-state index in [1.165, 1.54) is 0 Å². The monoisotopic (exact) mass is 339 g/mol. The maximum Gasteiger partial charge on any atom is 0.295 e. The molecule has 0 amide bonds. The topological polar surface area (TPSA) is 68.4 Å². The van der Waals surface area contributed by atoms with Crippen LogP contribution in [0, 0.1) is 6.92 Å². The molecule has 2 aromatic carbocycles. The number of nitrogens with zero attached hydrogens (tertiary/aromatic N) is 2. The quantitative estimate of drug-likeness (QED) is 0.750. The number of phenolic OH excluding ortho intramolecular Hbond substituents is 1. The van der Waals surface area contributed by atoms with Crippen molar-refractivity contribution in [3.63, 3.8) is 0 Å². The fourth-order valence-corrected chi connectivity index (χ4v) is 2.78. The fourth-order valence-electron chi connectivity index (χ4n) is 2.78. The van der Waals surface area contributed by atoms with Crippen LogP contribution >= 0.6 is 0 Å². The lowest BCUT2D eigenvalue weighted by Gasteiger charge is -2.08. The number of methoxy groups -OCH3 is 1. The minimum atomic E-state index is -0.126. The molecule has 130 valence electrons. The van der Waals surface area contributed by atoms with Gasteiger partial charge in [-0.15, -0.1) is 0 Å². The summed E-state index contributed by atoms with van der Waals surface area (Å²) in [5, 5.41) is 13.2. The van der Waals surface area contributed by atoms with Gasteiger partial charge in [-0.2, -0.15) is 0 Å². The number of para-hydroxylation sites is 1. The Kier molecular flexibility index (Phi) is 4.52. The number of rotatable bonds is 5. The first-order valence-electron chi connectivity index (χ1n) is 7.96. The maximum absolute atomic E-state index is 12.8. The smallest absolute Gasteiger partial charge is 0.295 e. The molecule has 0 bridgehead atoms. The van der Waals surface area contributed by atoms with Gasteiger partial charge in [0.2, 0.25) is 0 Å². The highest BCUT2D eigenvalue weighted by Crippen LogP contribution is 2.24. The van der Waals surface area contributed by atoms with Crippen LogP contribution in [0.3, 0.4) is 0 Å². The number of anilines is 1. The molecule has 3 aromatic rings. The summed E-state index contributed by atoms with van der Waals surface area (Å²) in [5.41, 5.74) is 2.70. The van der Waals surface area contributed by atoms with E-state index in [4.69, 9.17) is 4.74 Å². The molecule has 0 aliphatic heterocycles. The van der Waals surface area contributed by atoms with E-state index in [0.29, 0.717) is 23.5 Å². The lowest BCUT2D eigenvalue weighted by atomic mass is 10.2. The number of hydrogen-bond donors (Lipinski definition) is 2. The third-order valence-corrected chi connectivity index (χ3v) is 4.30. The van der Waals surface area contributed by atoms with Gasteiger partial charge in [-0.3, -0.25) is 9.48 Å². The summed E-state index contributed by atoms with van der Waals surface area (Å²) in [7, 11) is 3.39. The van der Waals surface area contributed by atoms with Gasteiger partial charge in [-0.1, -0.05) is 18.2 Å². The van der Waals surface area contributed by atoms with E-state index in [0.717, 1.165) is 11.4 Å². The van der Waals surface area contributed by atoms with Crippen molar-refractivity contribution in [2.75, 3.05) is 12.4 Å². The Labute approximate surface area is 145 Å². The van der Waals surface area contributed by atoms with E-state index in [2.05, 4.69) is 5.32 Å². The molecule has 0 spiro atoms. The van der Waals surface area contributed by atoms with Crippen molar-refractivity contribution >= 4 is 5.69 Å². The summed E-state index contributed by atoms with van der Waals surface area (Å²) in [6, 6.07) is 14.6. The zero-order valence-electron chi connectivity index (χ0n) is 14.5. The van der Waals surface area contributed by atoms with Gasteiger partial charge in [-0.05, 0) is 31.2 Å². The molecular weight excluding hydrogens is 318 g/mol. The molecule has 0 fully saturated rings. The van der Waals surface area contributed by atoms with Crippen LogP contribution < -0.4 is 15.6 Å². The highest BCUT2D eigenvalue weighted by molar-refractivity contribution is 5.51. The number of ether oxygens (including phenoxy) is 1. The average molecular weight is 339 g/mol. The largest absolute Gasteiger partial charge is 0.507 e.